The number of rotatable bonds is 5. The first-order valence-electron chi connectivity index (χ1n) is 5.79. The molecule has 100 valence electrons. The standard InChI is InChI=1S/C13H14N2O3S/c1-2-17-12(16)7-18-10-5-3-9(4-6-10)11-8-19-13(14)15-11/h3-6,8H,2,7H2,1H3,(H2,14,15). The van der Waals surface area contributed by atoms with Crippen molar-refractivity contribution >= 4 is 22.4 Å². The lowest BCUT2D eigenvalue weighted by molar-refractivity contribution is -0.145. The summed E-state index contributed by atoms with van der Waals surface area (Å²) in [6.45, 7) is 2.02. The van der Waals surface area contributed by atoms with E-state index < -0.39 is 0 Å². The molecule has 0 fully saturated rings. The topological polar surface area (TPSA) is 74.4 Å². The van der Waals surface area contributed by atoms with Gasteiger partial charge in [-0.3, -0.25) is 0 Å². The first-order valence-corrected chi connectivity index (χ1v) is 6.67. The minimum absolute atomic E-state index is 0.0865. The van der Waals surface area contributed by atoms with Crippen LogP contribution in [-0.4, -0.2) is 24.2 Å². The number of carbonyl (C=O) groups excluding carboxylic acids is 1. The van der Waals surface area contributed by atoms with E-state index in [2.05, 4.69) is 4.98 Å². The Morgan fingerprint density at radius 3 is 2.68 bits per heavy atom. The Morgan fingerprint density at radius 1 is 1.37 bits per heavy atom. The summed E-state index contributed by atoms with van der Waals surface area (Å²) < 4.78 is 10.1. The summed E-state index contributed by atoms with van der Waals surface area (Å²) in [5.74, 6) is 0.235. The Hall–Kier alpha value is -2.08. The summed E-state index contributed by atoms with van der Waals surface area (Å²) >= 11 is 1.40. The Balaban J connectivity index is 1.97. The summed E-state index contributed by atoms with van der Waals surface area (Å²) in [4.78, 5) is 15.3. The highest BCUT2D eigenvalue weighted by Gasteiger charge is 2.05. The van der Waals surface area contributed by atoms with Gasteiger partial charge in [0.05, 0.1) is 12.3 Å². The van der Waals surface area contributed by atoms with Crippen molar-refractivity contribution in [3.63, 3.8) is 0 Å². The Morgan fingerprint density at radius 2 is 2.11 bits per heavy atom. The van der Waals surface area contributed by atoms with Gasteiger partial charge in [0.2, 0.25) is 0 Å². The maximum Gasteiger partial charge on any atom is 0.344 e. The average molecular weight is 278 g/mol. The summed E-state index contributed by atoms with van der Waals surface area (Å²) in [5.41, 5.74) is 7.37. The van der Waals surface area contributed by atoms with Crippen molar-refractivity contribution in [2.75, 3.05) is 18.9 Å². The molecule has 0 saturated heterocycles. The van der Waals surface area contributed by atoms with Crippen molar-refractivity contribution in [3.05, 3.63) is 29.6 Å². The third-order valence-electron chi connectivity index (χ3n) is 2.33. The van der Waals surface area contributed by atoms with E-state index in [1.165, 1.54) is 11.3 Å². The van der Waals surface area contributed by atoms with Crippen LogP contribution in [0.5, 0.6) is 5.75 Å². The second kappa shape index (κ2) is 6.19. The molecule has 2 N–H and O–H groups in total. The van der Waals surface area contributed by atoms with Crippen LogP contribution in [0.3, 0.4) is 0 Å². The van der Waals surface area contributed by atoms with Crippen LogP contribution in [0.2, 0.25) is 0 Å². The first-order chi connectivity index (χ1) is 9.19. The van der Waals surface area contributed by atoms with Crippen molar-refractivity contribution in [1.29, 1.82) is 0 Å². The van der Waals surface area contributed by atoms with Crippen LogP contribution < -0.4 is 10.5 Å². The monoisotopic (exact) mass is 278 g/mol. The largest absolute Gasteiger partial charge is 0.482 e. The number of nitrogens with zero attached hydrogens (tertiary/aromatic N) is 1. The fourth-order valence-electron chi connectivity index (χ4n) is 1.49. The molecule has 0 aliphatic rings. The van der Waals surface area contributed by atoms with E-state index in [1.807, 2.05) is 17.5 Å². The zero-order valence-electron chi connectivity index (χ0n) is 10.5. The number of ether oxygens (including phenoxy) is 2. The van der Waals surface area contributed by atoms with Gasteiger partial charge >= 0.3 is 5.97 Å². The molecule has 0 unspecified atom stereocenters. The van der Waals surface area contributed by atoms with Crippen molar-refractivity contribution in [3.8, 4) is 17.0 Å². The van der Waals surface area contributed by atoms with Crippen LogP contribution in [0, 0.1) is 0 Å². The molecule has 19 heavy (non-hydrogen) atoms. The molecule has 0 bridgehead atoms. The smallest absolute Gasteiger partial charge is 0.344 e. The molecule has 1 aromatic carbocycles. The number of nitrogens with two attached hydrogens (primary N) is 1. The second-order valence-corrected chi connectivity index (χ2v) is 4.58. The highest BCUT2D eigenvalue weighted by molar-refractivity contribution is 7.13. The lowest BCUT2D eigenvalue weighted by Gasteiger charge is -2.06. The molecule has 0 radical (unpaired) electrons. The minimum Gasteiger partial charge on any atom is -0.482 e. The maximum absolute atomic E-state index is 11.1. The van der Waals surface area contributed by atoms with Crippen LogP contribution in [0.1, 0.15) is 6.92 Å². The predicted octanol–water partition coefficient (Wildman–Crippen LogP) is 2.33. The van der Waals surface area contributed by atoms with Crippen LogP contribution in [0.15, 0.2) is 29.6 Å². The molecule has 0 spiro atoms. The molecule has 0 aliphatic carbocycles. The summed E-state index contributed by atoms with van der Waals surface area (Å²) in [5, 5.41) is 2.43. The number of thiazole rings is 1. The van der Waals surface area contributed by atoms with Crippen molar-refractivity contribution in [2.24, 2.45) is 0 Å². The van der Waals surface area contributed by atoms with Crippen molar-refractivity contribution in [2.45, 2.75) is 6.92 Å². The van der Waals surface area contributed by atoms with E-state index >= 15 is 0 Å². The van der Waals surface area contributed by atoms with Gasteiger partial charge in [0.15, 0.2) is 11.7 Å². The molecule has 1 aromatic heterocycles. The molecule has 2 aromatic rings. The van der Waals surface area contributed by atoms with E-state index in [9.17, 15) is 4.79 Å². The number of aromatic nitrogens is 1. The summed E-state index contributed by atoms with van der Waals surface area (Å²) in [6, 6.07) is 7.30. The van der Waals surface area contributed by atoms with Crippen LogP contribution >= 0.6 is 11.3 Å². The molecule has 0 aliphatic heterocycles. The van der Waals surface area contributed by atoms with Crippen molar-refractivity contribution in [1.82, 2.24) is 4.98 Å². The lowest BCUT2D eigenvalue weighted by atomic mass is 10.2. The van der Waals surface area contributed by atoms with E-state index in [0.717, 1.165) is 11.3 Å². The number of benzene rings is 1. The van der Waals surface area contributed by atoms with Crippen LogP contribution in [0.4, 0.5) is 5.13 Å². The molecule has 5 nitrogen and oxygen atoms in total. The van der Waals surface area contributed by atoms with Gasteiger partial charge in [-0.15, -0.1) is 11.3 Å². The Bertz CT molecular complexity index is 551. The number of hydrogen-bond donors (Lipinski definition) is 1. The van der Waals surface area contributed by atoms with Gasteiger partial charge in [0, 0.05) is 10.9 Å². The molecule has 0 amide bonds. The van der Waals surface area contributed by atoms with Gasteiger partial charge in [-0.05, 0) is 31.2 Å². The van der Waals surface area contributed by atoms with Crippen molar-refractivity contribution < 1.29 is 14.3 Å². The van der Waals surface area contributed by atoms with E-state index in [-0.39, 0.29) is 12.6 Å². The molecule has 6 heteroatoms. The number of carbonyl (C=O) groups is 1. The highest BCUT2D eigenvalue weighted by atomic mass is 32.1. The van der Waals surface area contributed by atoms with Gasteiger partial charge in [0.1, 0.15) is 5.75 Å². The van der Waals surface area contributed by atoms with Gasteiger partial charge in [-0.1, -0.05) is 0 Å². The molecule has 0 saturated carbocycles. The molecule has 0 atom stereocenters. The number of hydrogen-bond acceptors (Lipinski definition) is 6. The minimum atomic E-state index is -0.376. The zero-order valence-corrected chi connectivity index (χ0v) is 11.3. The fourth-order valence-corrected chi connectivity index (χ4v) is 2.06. The van der Waals surface area contributed by atoms with Gasteiger partial charge < -0.3 is 15.2 Å². The predicted molar refractivity (Wildman–Crippen MR) is 74.1 cm³/mol. The lowest BCUT2D eigenvalue weighted by Crippen LogP contribution is -2.14. The molecular formula is C13H14N2O3S. The van der Waals surface area contributed by atoms with Gasteiger partial charge in [-0.2, -0.15) is 0 Å². The summed E-state index contributed by atoms with van der Waals surface area (Å²) in [6.07, 6.45) is 0. The van der Waals surface area contributed by atoms with Gasteiger partial charge in [-0.25, -0.2) is 9.78 Å². The number of esters is 1. The van der Waals surface area contributed by atoms with Crippen LogP contribution in [-0.2, 0) is 9.53 Å². The Labute approximate surface area is 115 Å². The van der Waals surface area contributed by atoms with E-state index in [0.29, 0.717) is 17.5 Å². The highest BCUT2D eigenvalue weighted by Crippen LogP contribution is 2.24. The zero-order chi connectivity index (χ0) is 13.7. The molecule has 1 heterocycles. The molecular weight excluding hydrogens is 264 g/mol. The number of nitrogen functional groups attached to an aromatic ring is 1. The average Bonchev–Trinajstić information content (AvgIpc) is 2.84. The maximum atomic E-state index is 11.1. The van der Waals surface area contributed by atoms with Gasteiger partial charge in [0.25, 0.3) is 0 Å². The third-order valence-corrected chi connectivity index (χ3v) is 3.01. The van der Waals surface area contributed by atoms with Crippen LogP contribution in [0.25, 0.3) is 11.3 Å². The SMILES string of the molecule is CCOC(=O)COc1ccc(-c2csc(N)n2)cc1. The fraction of sp³-hybridized carbons (Fsp3) is 0.231. The first kappa shape index (κ1) is 13.4. The quantitative estimate of drug-likeness (QED) is 0.850. The molecule has 2 rings (SSSR count). The summed E-state index contributed by atoms with van der Waals surface area (Å²) in [7, 11) is 0. The third kappa shape index (κ3) is 3.69. The Kier molecular flexibility index (Phi) is 4.35. The van der Waals surface area contributed by atoms with E-state index in [4.69, 9.17) is 15.2 Å². The normalized spacial score (nSPS) is 10.2. The second-order valence-electron chi connectivity index (χ2n) is 3.69. The van der Waals surface area contributed by atoms with E-state index in [1.54, 1.807) is 19.1 Å². The number of anilines is 1.